The molecular weight excluding hydrogens is 214 g/mol. The van der Waals surface area contributed by atoms with Crippen LogP contribution in [0.15, 0.2) is 24.3 Å². The fraction of sp³-hybridized carbons (Fsp3) is 0.400. The summed E-state index contributed by atoms with van der Waals surface area (Å²) in [6.45, 7) is 1.12. The van der Waals surface area contributed by atoms with E-state index >= 15 is 0 Å². The Morgan fingerprint density at radius 1 is 1.17 bits per heavy atom. The van der Waals surface area contributed by atoms with Gasteiger partial charge in [-0.15, -0.1) is 0 Å². The van der Waals surface area contributed by atoms with Gasteiger partial charge in [-0.25, -0.2) is 0 Å². The van der Waals surface area contributed by atoms with Crippen LogP contribution in [0.3, 0.4) is 0 Å². The van der Waals surface area contributed by atoms with Crippen molar-refractivity contribution in [2.45, 2.75) is 19.3 Å². The average Bonchev–Trinajstić information content (AvgIpc) is 2.29. The molecule has 1 nitrogen and oxygen atoms in total. The van der Waals surface area contributed by atoms with Crippen LogP contribution < -0.4 is 3.93 Å². The van der Waals surface area contributed by atoms with Gasteiger partial charge in [0.05, 0.1) is 5.69 Å². The Morgan fingerprint density at radius 2 is 2.00 bits per heavy atom. The summed E-state index contributed by atoms with van der Waals surface area (Å²) in [5.41, 5.74) is 2.81. The standard InChI is InChI=1S/C10H12BrN/c11-12-8-4-3-6-9-5-1-2-7-10(9)12/h1-2,5,7H,3-4,6,8H2. The van der Waals surface area contributed by atoms with Gasteiger partial charge in [-0.1, -0.05) is 18.2 Å². The number of hydrogen-bond acceptors (Lipinski definition) is 1. The van der Waals surface area contributed by atoms with E-state index in [4.69, 9.17) is 0 Å². The van der Waals surface area contributed by atoms with E-state index in [1.54, 1.807) is 0 Å². The highest BCUT2D eigenvalue weighted by atomic mass is 79.9. The summed E-state index contributed by atoms with van der Waals surface area (Å²) >= 11 is 3.57. The molecule has 2 heteroatoms. The van der Waals surface area contributed by atoms with Crippen LogP contribution >= 0.6 is 16.1 Å². The first-order valence-electron chi connectivity index (χ1n) is 4.39. The molecule has 64 valence electrons. The van der Waals surface area contributed by atoms with E-state index < -0.39 is 0 Å². The highest BCUT2D eigenvalue weighted by Crippen LogP contribution is 2.27. The van der Waals surface area contributed by atoms with Gasteiger partial charge >= 0.3 is 0 Å². The van der Waals surface area contributed by atoms with Crippen LogP contribution in [0.25, 0.3) is 0 Å². The Hall–Kier alpha value is -0.500. The minimum Gasteiger partial charge on any atom is -0.309 e. The topological polar surface area (TPSA) is 3.24 Å². The molecule has 1 aliphatic rings. The molecule has 0 amide bonds. The predicted molar refractivity (Wildman–Crippen MR) is 55.7 cm³/mol. The SMILES string of the molecule is BrN1CCCCc2ccccc21. The second-order valence-corrected chi connectivity index (χ2v) is 4.03. The molecule has 0 aliphatic carbocycles. The Balaban J connectivity index is 2.39. The summed E-state index contributed by atoms with van der Waals surface area (Å²) < 4.78 is 2.18. The Labute approximate surface area is 81.7 Å². The Bertz CT molecular complexity index is 272. The largest absolute Gasteiger partial charge is 0.309 e. The number of halogens is 1. The lowest BCUT2D eigenvalue weighted by molar-refractivity contribution is 0.775. The van der Waals surface area contributed by atoms with Gasteiger partial charge < -0.3 is 3.93 Å². The van der Waals surface area contributed by atoms with Gasteiger partial charge in [-0.3, -0.25) is 0 Å². The van der Waals surface area contributed by atoms with Crippen molar-refractivity contribution in [1.29, 1.82) is 0 Å². The van der Waals surface area contributed by atoms with E-state index in [2.05, 4.69) is 44.3 Å². The second kappa shape index (κ2) is 3.48. The maximum Gasteiger partial charge on any atom is 0.0502 e. The van der Waals surface area contributed by atoms with Crippen molar-refractivity contribution in [3.63, 3.8) is 0 Å². The molecule has 0 unspecified atom stereocenters. The summed E-state index contributed by atoms with van der Waals surface area (Å²) in [4.78, 5) is 0. The Morgan fingerprint density at radius 3 is 2.92 bits per heavy atom. The fourth-order valence-corrected chi connectivity index (χ4v) is 2.24. The molecule has 2 rings (SSSR count). The van der Waals surface area contributed by atoms with Crippen LogP contribution in [0.4, 0.5) is 5.69 Å². The average molecular weight is 226 g/mol. The number of benzene rings is 1. The first-order chi connectivity index (χ1) is 5.88. The van der Waals surface area contributed by atoms with Crippen LogP contribution in [-0.4, -0.2) is 6.54 Å². The minimum atomic E-state index is 1.12. The van der Waals surface area contributed by atoms with Gasteiger partial charge in [0.2, 0.25) is 0 Å². The van der Waals surface area contributed by atoms with Crippen LogP contribution in [0.5, 0.6) is 0 Å². The quantitative estimate of drug-likeness (QED) is 0.614. The van der Waals surface area contributed by atoms with Crippen molar-refractivity contribution >= 4 is 21.8 Å². The minimum absolute atomic E-state index is 1.12. The van der Waals surface area contributed by atoms with E-state index in [-0.39, 0.29) is 0 Å². The predicted octanol–water partition coefficient (Wildman–Crippen LogP) is 3.14. The number of fused-ring (bicyclic) bond motifs is 1. The number of hydrogen-bond donors (Lipinski definition) is 0. The number of para-hydroxylation sites is 1. The molecule has 0 saturated heterocycles. The van der Waals surface area contributed by atoms with E-state index in [1.165, 1.54) is 30.5 Å². The third-order valence-electron chi connectivity index (χ3n) is 2.30. The fourth-order valence-electron chi connectivity index (χ4n) is 1.65. The van der Waals surface area contributed by atoms with Gasteiger partial charge in [-0.05, 0) is 30.9 Å². The van der Waals surface area contributed by atoms with Crippen LogP contribution in [-0.2, 0) is 6.42 Å². The lowest BCUT2D eigenvalue weighted by atomic mass is 10.1. The number of anilines is 1. The van der Waals surface area contributed by atoms with E-state index in [1.807, 2.05) is 0 Å². The number of nitrogens with zero attached hydrogens (tertiary/aromatic N) is 1. The maximum atomic E-state index is 3.57. The van der Waals surface area contributed by atoms with E-state index in [0.29, 0.717) is 0 Å². The molecule has 0 fully saturated rings. The molecule has 0 bridgehead atoms. The van der Waals surface area contributed by atoms with Crippen molar-refractivity contribution in [3.05, 3.63) is 29.8 Å². The molecule has 0 radical (unpaired) electrons. The van der Waals surface area contributed by atoms with Gasteiger partial charge in [0.15, 0.2) is 0 Å². The van der Waals surface area contributed by atoms with Crippen molar-refractivity contribution in [2.75, 3.05) is 10.5 Å². The molecule has 0 N–H and O–H groups in total. The summed E-state index contributed by atoms with van der Waals surface area (Å²) in [5.74, 6) is 0. The third-order valence-corrected chi connectivity index (χ3v) is 3.04. The maximum absolute atomic E-state index is 3.57. The summed E-state index contributed by atoms with van der Waals surface area (Å²) in [5, 5.41) is 0. The van der Waals surface area contributed by atoms with Crippen LogP contribution in [0.2, 0.25) is 0 Å². The molecule has 0 atom stereocenters. The lowest BCUT2D eigenvalue weighted by Gasteiger charge is -2.15. The van der Waals surface area contributed by atoms with E-state index in [0.717, 1.165) is 6.54 Å². The van der Waals surface area contributed by atoms with Crippen molar-refractivity contribution < 1.29 is 0 Å². The van der Waals surface area contributed by atoms with Gasteiger partial charge in [0, 0.05) is 22.7 Å². The zero-order valence-electron chi connectivity index (χ0n) is 6.96. The second-order valence-electron chi connectivity index (χ2n) is 3.17. The highest BCUT2D eigenvalue weighted by Gasteiger charge is 2.11. The van der Waals surface area contributed by atoms with Gasteiger partial charge in [0.25, 0.3) is 0 Å². The molecule has 12 heavy (non-hydrogen) atoms. The smallest absolute Gasteiger partial charge is 0.0502 e. The highest BCUT2D eigenvalue weighted by molar-refractivity contribution is 9.10. The molecular formula is C10H12BrN. The monoisotopic (exact) mass is 225 g/mol. The summed E-state index contributed by atoms with van der Waals surface area (Å²) in [6.07, 6.45) is 3.80. The first kappa shape index (κ1) is 8.11. The summed E-state index contributed by atoms with van der Waals surface area (Å²) in [6, 6.07) is 8.60. The molecule has 0 spiro atoms. The van der Waals surface area contributed by atoms with Crippen molar-refractivity contribution in [3.8, 4) is 0 Å². The first-order valence-corrected chi connectivity index (χ1v) is 5.10. The number of rotatable bonds is 0. The molecule has 1 aromatic rings. The van der Waals surface area contributed by atoms with Crippen LogP contribution in [0.1, 0.15) is 18.4 Å². The lowest BCUT2D eigenvalue weighted by Crippen LogP contribution is -2.09. The molecule has 0 aromatic heterocycles. The van der Waals surface area contributed by atoms with Crippen molar-refractivity contribution in [2.24, 2.45) is 0 Å². The summed E-state index contributed by atoms with van der Waals surface area (Å²) in [7, 11) is 0. The zero-order chi connectivity index (χ0) is 8.39. The van der Waals surface area contributed by atoms with Gasteiger partial charge in [0.1, 0.15) is 0 Å². The Kier molecular flexibility index (Phi) is 2.35. The third kappa shape index (κ3) is 1.48. The van der Waals surface area contributed by atoms with E-state index in [9.17, 15) is 0 Å². The molecule has 1 aliphatic heterocycles. The van der Waals surface area contributed by atoms with Crippen LogP contribution in [0, 0.1) is 0 Å². The van der Waals surface area contributed by atoms with Crippen molar-refractivity contribution in [1.82, 2.24) is 0 Å². The number of aryl methyl sites for hydroxylation is 1. The molecule has 1 aromatic carbocycles. The van der Waals surface area contributed by atoms with Gasteiger partial charge in [-0.2, -0.15) is 0 Å². The normalized spacial score (nSPS) is 16.9. The molecule has 1 heterocycles. The zero-order valence-corrected chi connectivity index (χ0v) is 8.55. The molecule has 0 saturated carbocycles.